The zero-order valence-electron chi connectivity index (χ0n) is 17.1. The Kier molecular flexibility index (Phi) is 7.30. The highest BCUT2D eigenvalue weighted by molar-refractivity contribution is 5.28. The van der Waals surface area contributed by atoms with Crippen LogP contribution >= 0.6 is 0 Å². The topological polar surface area (TPSA) is 44.4 Å². The molecule has 1 unspecified atom stereocenters. The Hall–Kier alpha value is -1.85. The van der Waals surface area contributed by atoms with Crippen LogP contribution in [-0.4, -0.2) is 59.8 Å². The SMILES string of the molecule is CCN(Cc1cc(C)[nH]n1)CC1CCCN(CCc2cccc(OC)c2)C1. The van der Waals surface area contributed by atoms with E-state index in [1.807, 2.05) is 6.07 Å². The van der Waals surface area contributed by atoms with E-state index in [4.69, 9.17) is 4.74 Å². The average molecular weight is 371 g/mol. The molecule has 2 heterocycles. The fraction of sp³-hybridized carbons (Fsp3) is 0.591. The number of aryl methyl sites for hydroxylation is 1. The number of hydrogen-bond donors (Lipinski definition) is 1. The lowest BCUT2D eigenvalue weighted by molar-refractivity contribution is 0.132. The number of nitrogens with zero attached hydrogens (tertiary/aromatic N) is 3. The van der Waals surface area contributed by atoms with Crippen LogP contribution in [0.3, 0.4) is 0 Å². The molecule has 3 rings (SSSR count). The van der Waals surface area contributed by atoms with Crippen molar-refractivity contribution in [3.63, 3.8) is 0 Å². The van der Waals surface area contributed by atoms with Gasteiger partial charge in [0, 0.05) is 31.9 Å². The van der Waals surface area contributed by atoms with Crippen molar-refractivity contribution >= 4 is 0 Å². The van der Waals surface area contributed by atoms with E-state index in [-0.39, 0.29) is 0 Å². The summed E-state index contributed by atoms with van der Waals surface area (Å²) in [4.78, 5) is 5.17. The fourth-order valence-corrected chi connectivity index (χ4v) is 4.07. The van der Waals surface area contributed by atoms with Gasteiger partial charge in [0.25, 0.3) is 0 Å². The van der Waals surface area contributed by atoms with Gasteiger partial charge in [-0.3, -0.25) is 10.00 Å². The molecule has 2 aromatic rings. The van der Waals surface area contributed by atoms with Crippen LogP contribution in [-0.2, 0) is 13.0 Å². The van der Waals surface area contributed by atoms with E-state index in [1.165, 1.54) is 31.5 Å². The number of ether oxygens (including phenoxy) is 1. The molecule has 1 saturated heterocycles. The molecule has 1 aliphatic rings. The molecule has 5 heteroatoms. The third-order valence-corrected chi connectivity index (χ3v) is 5.56. The lowest BCUT2D eigenvalue weighted by atomic mass is 9.96. The molecule has 0 bridgehead atoms. The molecule has 1 aromatic carbocycles. The predicted molar refractivity (Wildman–Crippen MR) is 110 cm³/mol. The van der Waals surface area contributed by atoms with E-state index >= 15 is 0 Å². The summed E-state index contributed by atoms with van der Waals surface area (Å²) in [6, 6.07) is 10.6. The lowest BCUT2D eigenvalue weighted by Crippen LogP contribution is -2.41. The van der Waals surface area contributed by atoms with Crippen LogP contribution in [0.25, 0.3) is 0 Å². The van der Waals surface area contributed by atoms with Crippen molar-refractivity contribution in [2.24, 2.45) is 5.92 Å². The van der Waals surface area contributed by atoms with Gasteiger partial charge in [-0.1, -0.05) is 19.1 Å². The second kappa shape index (κ2) is 9.90. The normalized spacial score (nSPS) is 18.1. The summed E-state index contributed by atoms with van der Waals surface area (Å²) in [7, 11) is 1.73. The van der Waals surface area contributed by atoms with Gasteiger partial charge in [-0.15, -0.1) is 0 Å². The fourth-order valence-electron chi connectivity index (χ4n) is 4.07. The van der Waals surface area contributed by atoms with Gasteiger partial charge in [0.2, 0.25) is 0 Å². The number of benzene rings is 1. The van der Waals surface area contributed by atoms with Gasteiger partial charge in [-0.05, 0) is 69.0 Å². The summed E-state index contributed by atoms with van der Waals surface area (Å²) in [5, 5.41) is 7.46. The Morgan fingerprint density at radius 3 is 2.96 bits per heavy atom. The molecule has 1 fully saturated rings. The smallest absolute Gasteiger partial charge is 0.119 e. The third-order valence-electron chi connectivity index (χ3n) is 5.56. The average Bonchev–Trinajstić information content (AvgIpc) is 3.11. The summed E-state index contributed by atoms with van der Waals surface area (Å²) < 4.78 is 5.34. The molecular formula is C22H34N4O. The van der Waals surface area contributed by atoms with Crippen LogP contribution in [0.15, 0.2) is 30.3 Å². The number of piperidine rings is 1. The molecule has 0 saturated carbocycles. The lowest BCUT2D eigenvalue weighted by Gasteiger charge is -2.35. The van der Waals surface area contributed by atoms with Crippen LogP contribution < -0.4 is 4.74 Å². The van der Waals surface area contributed by atoms with Crippen LogP contribution in [0.4, 0.5) is 0 Å². The first kappa shape index (κ1) is 19.9. The summed E-state index contributed by atoms with van der Waals surface area (Å²) in [6.07, 6.45) is 3.74. The minimum Gasteiger partial charge on any atom is -0.497 e. The van der Waals surface area contributed by atoms with Crippen LogP contribution in [0.2, 0.25) is 0 Å². The first-order chi connectivity index (χ1) is 13.2. The first-order valence-corrected chi connectivity index (χ1v) is 10.2. The van der Waals surface area contributed by atoms with Gasteiger partial charge >= 0.3 is 0 Å². The molecule has 1 atom stereocenters. The Labute approximate surface area is 163 Å². The zero-order valence-corrected chi connectivity index (χ0v) is 17.1. The maximum absolute atomic E-state index is 5.34. The second-order valence-electron chi connectivity index (χ2n) is 7.78. The van der Waals surface area contributed by atoms with E-state index in [9.17, 15) is 0 Å². The summed E-state index contributed by atoms with van der Waals surface area (Å²) >= 11 is 0. The van der Waals surface area contributed by atoms with Gasteiger partial charge in [-0.25, -0.2) is 0 Å². The standard InChI is InChI=1S/C22H34N4O/c1-4-25(17-21-13-18(2)23-24-21)15-20-8-6-11-26(16-20)12-10-19-7-5-9-22(14-19)27-3/h5,7,9,13-14,20H,4,6,8,10-12,15-17H2,1-3H3,(H,23,24). The number of rotatable bonds is 9. The Morgan fingerprint density at radius 1 is 1.33 bits per heavy atom. The molecule has 0 spiro atoms. The zero-order chi connectivity index (χ0) is 19.1. The maximum atomic E-state index is 5.34. The minimum absolute atomic E-state index is 0.754. The van der Waals surface area contributed by atoms with Gasteiger partial charge in [-0.2, -0.15) is 5.10 Å². The largest absolute Gasteiger partial charge is 0.497 e. The summed E-state index contributed by atoms with van der Waals surface area (Å²) in [5.74, 6) is 1.71. The molecule has 1 N–H and O–H groups in total. The Morgan fingerprint density at radius 2 is 2.22 bits per heavy atom. The highest BCUT2D eigenvalue weighted by Crippen LogP contribution is 2.20. The molecule has 27 heavy (non-hydrogen) atoms. The Balaban J connectivity index is 1.47. The number of H-pyrrole nitrogens is 1. The predicted octanol–water partition coefficient (Wildman–Crippen LogP) is 3.50. The monoisotopic (exact) mass is 370 g/mol. The quantitative estimate of drug-likeness (QED) is 0.734. The van der Waals surface area contributed by atoms with Crippen molar-refractivity contribution in [3.8, 4) is 5.75 Å². The Bertz CT molecular complexity index is 699. The van der Waals surface area contributed by atoms with E-state index < -0.39 is 0 Å². The van der Waals surface area contributed by atoms with Gasteiger partial charge in [0.15, 0.2) is 0 Å². The minimum atomic E-state index is 0.754. The number of aromatic amines is 1. The number of likely N-dealkylation sites (tertiary alicyclic amines) is 1. The van der Waals surface area contributed by atoms with E-state index in [0.717, 1.165) is 55.7 Å². The number of hydrogen-bond acceptors (Lipinski definition) is 4. The van der Waals surface area contributed by atoms with Crippen molar-refractivity contribution in [1.82, 2.24) is 20.0 Å². The molecule has 0 radical (unpaired) electrons. The summed E-state index contributed by atoms with van der Waals surface area (Å²) in [6.45, 7) is 11.1. The number of methoxy groups -OCH3 is 1. The molecule has 1 aromatic heterocycles. The van der Waals surface area contributed by atoms with Gasteiger partial charge in [0.1, 0.15) is 5.75 Å². The van der Waals surface area contributed by atoms with Gasteiger partial charge in [0.05, 0.1) is 12.8 Å². The molecule has 1 aliphatic heterocycles. The molecular weight excluding hydrogens is 336 g/mol. The van der Waals surface area contributed by atoms with Crippen molar-refractivity contribution in [2.75, 3.05) is 39.8 Å². The molecule has 148 valence electrons. The first-order valence-electron chi connectivity index (χ1n) is 10.2. The number of nitrogens with one attached hydrogen (secondary N) is 1. The highest BCUT2D eigenvalue weighted by Gasteiger charge is 2.22. The van der Waals surface area contributed by atoms with E-state index in [2.05, 4.69) is 58.1 Å². The highest BCUT2D eigenvalue weighted by atomic mass is 16.5. The van der Waals surface area contributed by atoms with Crippen LogP contribution in [0.1, 0.15) is 36.7 Å². The van der Waals surface area contributed by atoms with Crippen molar-refractivity contribution < 1.29 is 4.74 Å². The number of aromatic nitrogens is 2. The summed E-state index contributed by atoms with van der Waals surface area (Å²) in [5.41, 5.74) is 3.66. The second-order valence-corrected chi connectivity index (χ2v) is 7.78. The van der Waals surface area contributed by atoms with Crippen LogP contribution in [0, 0.1) is 12.8 Å². The van der Waals surface area contributed by atoms with Crippen molar-refractivity contribution in [3.05, 3.63) is 47.3 Å². The molecule has 5 nitrogen and oxygen atoms in total. The van der Waals surface area contributed by atoms with Crippen LogP contribution in [0.5, 0.6) is 5.75 Å². The maximum Gasteiger partial charge on any atom is 0.119 e. The van der Waals surface area contributed by atoms with Crippen molar-refractivity contribution in [1.29, 1.82) is 0 Å². The van der Waals surface area contributed by atoms with Gasteiger partial charge < -0.3 is 9.64 Å². The van der Waals surface area contributed by atoms with Crippen molar-refractivity contribution in [2.45, 2.75) is 39.7 Å². The molecule has 0 aliphatic carbocycles. The van der Waals surface area contributed by atoms with E-state index in [0.29, 0.717) is 0 Å². The molecule has 0 amide bonds. The third kappa shape index (κ3) is 6.08. The van der Waals surface area contributed by atoms with E-state index in [1.54, 1.807) is 7.11 Å².